The van der Waals surface area contributed by atoms with Crippen LogP contribution in [-0.4, -0.2) is 18.9 Å². The molecule has 0 saturated carbocycles. The van der Waals surface area contributed by atoms with Crippen LogP contribution >= 0.6 is 0 Å². The first kappa shape index (κ1) is 12.3. The minimum absolute atomic E-state index is 0.162. The van der Waals surface area contributed by atoms with E-state index in [1.54, 1.807) is 11.0 Å². The fraction of sp³-hybridized carbons (Fsp3) is 0.308. The molecule has 1 rings (SSSR count). The Morgan fingerprint density at radius 1 is 1.56 bits per heavy atom. The van der Waals surface area contributed by atoms with Crippen molar-refractivity contribution in [2.75, 3.05) is 18.0 Å². The average Bonchev–Trinajstić information content (AvgIpc) is 2.26. The Labute approximate surface area is 95.1 Å². The van der Waals surface area contributed by atoms with E-state index >= 15 is 0 Å². The Hall–Kier alpha value is -1.82. The molecule has 2 nitrogen and oxygen atoms in total. The van der Waals surface area contributed by atoms with Crippen molar-refractivity contribution in [3.63, 3.8) is 0 Å². The van der Waals surface area contributed by atoms with Crippen LogP contribution in [0.25, 0.3) is 0 Å². The van der Waals surface area contributed by atoms with Gasteiger partial charge in [-0.3, -0.25) is 4.79 Å². The lowest BCUT2D eigenvalue weighted by molar-refractivity contribution is 0.101. The molecular weight excluding hydrogens is 205 g/mol. The van der Waals surface area contributed by atoms with Crippen molar-refractivity contribution in [3.05, 3.63) is 29.6 Å². The van der Waals surface area contributed by atoms with E-state index in [-0.39, 0.29) is 12.3 Å². The summed E-state index contributed by atoms with van der Waals surface area (Å²) in [5.41, 5.74) is 0.674. The summed E-state index contributed by atoms with van der Waals surface area (Å²) in [6, 6.07) is 4.47. The van der Waals surface area contributed by atoms with Crippen LogP contribution in [0.1, 0.15) is 24.2 Å². The Balaban J connectivity index is 3.29. The molecule has 0 aliphatic rings. The first-order valence-corrected chi connectivity index (χ1v) is 5.09. The number of terminal acetylenes is 1. The molecule has 0 aliphatic heterocycles. The molecule has 0 bridgehead atoms. The summed E-state index contributed by atoms with van der Waals surface area (Å²) >= 11 is 0. The largest absolute Gasteiger partial charge is 0.358 e. The van der Waals surface area contributed by atoms with Crippen LogP contribution in [0.4, 0.5) is 10.1 Å². The number of halogens is 1. The lowest BCUT2D eigenvalue weighted by atomic mass is 10.1. The van der Waals surface area contributed by atoms with Crippen LogP contribution in [0.2, 0.25) is 0 Å². The molecule has 0 amide bonds. The molecule has 0 spiro atoms. The number of anilines is 1. The van der Waals surface area contributed by atoms with Gasteiger partial charge in [0.15, 0.2) is 5.78 Å². The molecule has 0 fully saturated rings. The van der Waals surface area contributed by atoms with Gasteiger partial charge in [-0.2, -0.15) is 0 Å². The monoisotopic (exact) mass is 219 g/mol. The molecule has 16 heavy (non-hydrogen) atoms. The fourth-order valence-electron chi connectivity index (χ4n) is 1.58. The number of Topliss-reactive ketones (excluding diaryl/α,β-unsaturated/α-hetero) is 1. The zero-order valence-electron chi connectivity index (χ0n) is 9.46. The summed E-state index contributed by atoms with van der Waals surface area (Å²) in [6.07, 6.45) is 5.22. The van der Waals surface area contributed by atoms with Gasteiger partial charge in [0.2, 0.25) is 0 Å². The third-order valence-electron chi connectivity index (χ3n) is 2.35. The lowest BCUT2D eigenvalue weighted by Gasteiger charge is -2.23. The van der Waals surface area contributed by atoms with Crippen LogP contribution in [0.3, 0.4) is 0 Å². The number of nitrogens with zero attached hydrogens (tertiary/aromatic N) is 1. The Kier molecular flexibility index (Phi) is 4.07. The quantitative estimate of drug-likeness (QED) is 0.572. The smallest absolute Gasteiger partial charge is 0.161 e. The summed E-state index contributed by atoms with van der Waals surface area (Å²) < 4.78 is 13.7. The average molecular weight is 219 g/mol. The fourth-order valence-corrected chi connectivity index (χ4v) is 1.58. The summed E-state index contributed by atoms with van der Waals surface area (Å²) in [5, 5.41) is 0. The molecule has 0 unspecified atom stereocenters. The highest BCUT2D eigenvalue weighted by molar-refractivity contribution is 5.99. The van der Waals surface area contributed by atoms with Gasteiger partial charge in [0.05, 0.1) is 12.2 Å². The maximum Gasteiger partial charge on any atom is 0.161 e. The highest BCUT2D eigenvalue weighted by Crippen LogP contribution is 2.24. The van der Waals surface area contributed by atoms with Crippen LogP contribution < -0.4 is 4.90 Å². The molecule has 1 aromatic carbocycles. The van der Waals surface area contributed by atoms with E-state index in [0.717, 1.165) is 0 Å². The van der Waals surface area contributed by atoms with Crippen molar-refractivity contribution in [3.8, 4) is 12.3 Å². The van der Waals surface area contributed by atoms with Gasteiger partial charge in [-0.15, -0.1) is 6.42 Å². The summed E-state index contributed by atoms with van der Waals surface area (Å²) in [5.74, 6) is 1.88. The van der Waals surface area contributed by atoms with Crippen molar-refractivity contribution < 1.29 is 9.18 Å². The molecular formula is C13H14FNO. The maximum absolute atomic E-state index is 13.7. The predicted octanol–water partition coefficient (Wildman–Crippen LogP) is 2.49. The van der Waals surface area contributed by atoms with E-state index in [4.69, 9.17) is 6.42 Å². The summed E-state index contributed by atoms with van der Waals surface area (Å²) in [6.45, 7) is 4.14. The molecule has 84 valence electrons. The van der Waals surface area contributed by atoms with Gasteiger partial charge in [-0.25, -0.2) is 4.39 Å². The van der Waals surface area contributed by atoms with E-state index < -0.39 is 5.82 Å². The summed E-state index contributed by atoms with van der Waals surface area (Å²) in [7, 11) is 0. The number of para-hydroxylation sites is 1. The first-order chi connectivity index (χ1) is 7.61. The van der Waals surface area contributed by atoms with Crippen molar-refractivity contribution in [2.45, 2.75) is 13.8 Å². The van der Waals surface area contributed by atoms with Gasteiger partial charge in [0.25, 0.3) is 0 Å². The third-order valence-corrected chi connectivity index (χ3v) is 2.35. The molecule has 0 saturated heterocycles. The third kappa shape index (κ3) is 2.40. The van der Waals surface area contributed by atoms with Crippen LogP contribution in [0, 0.1) is 18.2 Å². The first-order valence-electron chi connectivity index (χ1n) is 5.09. The van der Waals surface area contributed by atoms with E-state index in [9.17, 15) is 9.18 Å². The lowest BCUT2D eigenvalue weighted by Crippen LogP contribution is -2.26. The van der Waals surface area contributed by atoms with Crippen molar-refractivity contribution in [1.82, 2.24) is 0 Å². The predicted molar refractivity (Wildman–Crippen MR) is 63.1 cm³/mol. The number of hydrogen-bond acceptors (Lipinski definition) is 2. The van der Waals surface area contributed by atoms with Crippen LogP contribution in [-0.2, 0) is 0 Å². The number of carbonyl (C=O) groups excluding carboxylic acids is 1. The zero-order valence-corrected chi connectivity index (χ0v) is 9.46. The number of carbonyl (C=O) groups is 1. The number of hydrogen-bond donors (Lipinski definition) is 0. The van der Waals surface area contributed by atoms with Crippen molar-refractivity contribution in [2.24, 2.45) is 0 Å². The van der Waals surface area contributed by atoms with Gasteiger partial charge in [-0.05, 0) is 26.0 Å². The van der Waals surface area contributed by atoms with Gasteiger partial charge in [0, 0.05) is 12.1 Å². The molecule has 0 atom stereocenters. The van der Waals surface area contributed by atoms with E-state index in [2.05, 4.69) is 5.92 Å². The second kappa shape index (κ2) is 5.32. The topological polar surface area (TPSA) is 20.3 Å². The van der Waals surface area contributed by atoms with E-state index in [0.29, 0.717) is 17.8 Å². The Bertz CT molecular complexity index is 434. The minimum atomic E-state index is -0.412. The van der Waals surface area contributed by atoms with Crippen LogP contribution in [0.5, 0.6) is 0 Å². The zero-order chi connectivity index (χ0) is 12.1. The standard InChI is InChI=1S/C13H14FNO/c1-4-9-15(5-2)13-11(10(3)16)7-6-8-12(13)14/h1,6-8H,5,9H2,2-3H3. The second-order valence-electron chi connectivity index (χ2n) is 3.41. The van der Waals surface area contributed by atoms with Gasteiger partial charge >= 0.3 is 0 Å². The van der Waals surface area contributed by atoms with Gasteiger partial charge < -0.3 is 4.90 Å². The van der Waals surface area contributed by atoms with Gasteiger partial charge in [0.1, 0.15) is 5.82 Å². The molecule has 0 aliphatic carbocycles. The van der Waals surface area contributed by atoms with E-state index in [1.807, 2.05) is 6.92 Å². The molecule has 0 radical (unpaired) electrons. The molecule has 0 N–H and O–H groups in total. The van der Waals surface area contributed by atoms with Gasteiger partial charge in [-0.1, -0.05) is 12.0 Å². The molecule has 1 aromatic rings. The highest BCUT2D eigenvalue weighted by Gasteiger charge is 2.16. The normalized spacial score (nSPS) is 9.62. The SMILES string of the molecule is C#CCN(CC)c1c(F)cccc1C(C)=O. The molecule has 0 aromatic heterocycles. The van der Waals surface area contributed by atoms with Crippen LogP contribution in [0.15, 0.2) is 18.2 Å². The number of rotatable bonds is 4. The molecule has 3 heteroatoms. The minimum Gasteiger partial charge on any atom is -0.358 e. The Morgan fingerprint density at radius 3 is 2.75 bits per heavy atom. The van der Waals surface area contributed by atoms with E-state index in [1.165, 1.54) is 19.1 Å². The maximum atomic E-state index is 13.7. The highest BCUT2D eigenvalue weighted by atomic mass is 19.1. The van der Waals surface area contributed by atoms with Crippen molar-refractivity contribution in [1.29, 1.82) is 0 Å². The second-order valence-corrected chi connectivity index (χ2v) is 3.41. The van der Waals surface area contributed by atoms with Crippen molar-refractivity contribution >= 4 is 11.5 Å². The Morgan fingerprint density at radius 2 is 2.25 bits per heavy atom. The molecule has 0 heterocycles. The number of ketones is 1. The number of benzene rings is 1. The summed E-state index contributed by atoms with van der Waals surface area (Å²) in [4.78, 5) is 13.1.